The lowest BCUT2D eigenvalue weighted by atomic mass is 9.96. The molecule has 0 aliphatic rings. The smallest absolute Gasteiger partial charge is 0.303 e. The maximum atomic E-state index is 10.4. The van der Waals surface area contributed by atoms with Crippen LogP contribution in [-0.2, 0) is 11.2 Å². The molecule has 1 aromatic heterocycles. The summed E-state index contributed by atoms with van der Waals surface area (Å²) >= 11 is 0. The standard InChI is InChI=1S/C11H16N2O2/c12-7-9(3-4-11(14)15)6-10-2-1-5-13-8-10/h1-2,5,8-9H,3-4,6-7,12H2,(H,14,15). The van der Waals surface area contributed by atoms with Crippen LogP contribution in [0.2, 0.25) is 0 Å². The molecule has 0 bridgehead atoms. The van der Waals surface area contributed by atoms with E-state index >= 15 is 0 Å². The van der Waals surface area contributed by atoms with Crippen molar-refractivity contribution < 1.29 is 9.90 Å². The van der Waals surface area contributed by atoms with Crippen molar-refractivity contribution >= 4 is 5.97 Å². The van der Waals surface area contributed by atoms with Gasteiger partial charge in [0, 0.05) is 18.8 Å². The Bertz CT molecular complexity index is 301. The zero-order chi connectivity index (χ0) is 11.1. The predicted octanol–water partition coefficient (Wildman–Crippen LogP) is 1.06. The summed E-state index contributed by atoms with van der Waals surface area (Å²) < 4.78 is 0. The van der Waals surface area contributed by atoms with Crippen LogP contribution >= 0.6 is 0 Å². The summed E-state index contributed by atoms with van der Waals surface area (Å²) in [5.41, 5.74) is 6.70. The van der Waals surface area contributed by atoms with Gasteiger partial charge in [-0.2, -0.15) is 0 Å². The second-order valence-electron chi connectivity index (χ2n) is 3.60. The largest absolute Gasteiger partial charge is 0.481 e. The highest BCUT2D eigenvalue weighted by Gasteiger charge is 2.09. The first-order valence-electron chi connectivity index (χ1n) is 5.03. The summed E-state index contributed by atoms with van der Waals surface area (Å²) in [6, 6.07) is 3.86. The fourth-order valence-corrected chi connectivity index (χ4v) is 1.48. The molecule has 1 atom stereocenters. The van der Waals surface area contributed by atoms with Gasteiger partial charge in [-0.05, 0) is 36.9 Å². The number of nitrogens with two attached hydrogens (primary N) is 1. The Morgan fingerprint density at radius 1 is 1.60 bits per heavy atom. The third kappa shape index (κ3) is 4.56. The first kappa shape index (κ1) is 11.7. The molecule has 0 saturated carbocycles. The number of aliphatic carboxylic acids is 1. The minimum atomic E-state index is -0.764. The van der Waals surface area contributed by atoms with E-state index in [4.69, 9.17) is 10.8 Å². The molecule has 15 heavy (non-hydrogen) atoms. The van der Waals surface area contributed by atoms with Gasteiger partial charge in [-0.3, -0.25) is 9.78 Å². The Kier molecular flexibility index (Phi) is 4.77. The van der Waals surface area contributed by atoms with Gasteiger partial charge in [0.2, 0.25) is 0 Å². The SMILES string of the molecule is NCC(CCC(=O)O)Cc1cccnc1. The van der Waals surface area contributed by atoms with E-state index in [-0.39, 0.29) is 12.3 Å². The van der Waals surface area contributed by atoms with E-state index in [1.54, 1.807) is 12.4 Å². The summed E-state index contributed by atoms with van der Waals surface area (Å²) in [4.78, 5) is 14.4. The highest BCUT2D eigenvalue weighted by molar-refractivity contribution is 5.66. The summed E-state index contributed by atoms with van der Waals surface area (Å²) in [5.74, 6) is -0.537. The monoisotopic (exact) mass is 208 g/mol. The molecular formula is C11H16N2O2. The quantitative estimate of drug-likeness (QED) is 0.733. The van der Waals surface area contributed by atoms with Crippen molar-refractivity contribution in [2.45, 2.75) is 19.3 Å². The predicted molar refractivity (Wildman–Crippen MR) is 57.4 cm³/mol. The van der Waals surface area contributed by atoms with Gasteiger partial charge in [0.25, 0.3) is 0 Å². The number of hydrogen-bond acceptors (Lipinski definition) is 3. The van der Waals surface area contributed by atoms with E-state index < -0.39 is 5.97 Å². The van der Waals surface area contributed by atoms with E-state index in [1.807, 2.05) is 12.1 Å². The number of carboxylic acids is 1. The minimum Gasteiger partial charge on any atom is -0.481 e. The third-order valence-corrected chi connectivity index (χ3v) is 2.35. The topological polar surface area (TPSA) is 76.2 Å². The van der Waals surface area contributed by atoms with E-state index in [1.165, 1.54) is 0 Å². The maximum Gasteiger partial charge on any atom is 0.303 e. The lowest BCUT2D eigenvalue weighted by Gasteiger charge is -2.12. The summed E-state index contributed by atoms with van der Waals surface area (Å²) in [6.07, 6.45) is 5.13. The molecule has 1 aromatic rings. The van der Waals surface area contributed by atoms with E-state index in [2.05, 4.69) is 4.98 Å². The van der Waals surface area contributed by atoms with Crippen LogP contribution in [0.5, 0.6) is 0 Å². The van der Waals surface area contributed by atoms with Crippen LogP contribution in [0.15, 0.2) is 24.5 Å². The van der Waals surface area contributed by atoms with Crippen molar-refractivity contribution in [2.75, 3.05) is 6.54 Å². The molecule has 0 aliphatic carbocycles. The number of aromatic nitrogens is 1. The Hall–Kier alpha value is -1.42. The minimum absolute atomic E-state index is 0.183. The maximum absolute atomic E-state index is 10.4. The van der Waals surface area contributed by atoms with Gasteiger partial charge in [-0.1, -0.05) is 6.07 Å². The van der Waals surface area contributed by atoms with Crippen LogP contribution in [0.3, 0.4) is 0 Å². The van der Waals surface area contributed by atoms with Gasteiger partial charge in [0.1, 0.15) is 0 Å². The van der Waals surface area contributed by atoms with Crippen molar-refractivity contribution in [3.63, 3.8) is 0 Å². The number of pyridine rings is 1. The molecule has 0 fully saturated rings. The third-order valence-electron chi connectivity index (χ3n) is 2.35. The van der Waals surface area contributed by atoms with Crippen molar-refractivity contribution in [1.82, 2.24) is 4.98 Å². The van der Waals surface area contributed by atoms with Gasteiger partial charge < -0.3 is 10.8 Å². The van der Waals surface area contributed by atoms with Gasteiger partial charge in [-0.25, -0.2) is 0 Å². The summed E-state index contributed by atoms with van der Waals surface area (Å²) in [6.45, 7) is 0.516. The van der Waals surface area contributed by atoms with Crippen LogP contribution in [0.1, 0.15) is 18.4 Å². The van der Waals surface area contributed by atoms with Gasteiger partial charge in [0.15, 0.2) is 0 Å². The number of hydrogen-bond donors (Lipinski definition) is 2. The molecule has 0 amide bonds. The Balaban J connectivity index is 2.43. The van der Waals surface area contributed by atoms with E-state index in [0.717, 1.165) is 12.0 Å². The highest BCUT2D eigenvalue weighted by Crippen LogP contribution is 2.12. The number of nitrogens with zero attached hydrogens (tertiary/aromatic N) is 1. The molecule has 4 nitrogen and oxygen atoms in total. The first-order chi connectivity index (χ1) is 7.22. The van der Waals surface area contributed by atoms with Crippen molar-refractivity contribution in [2.24, 2.45) is 11.7 Å². The van der Waals surface area contributed by atoms with Crippen LogP contribution in [0, 0.1) is 5.92 Å². The van der Waals surface area contributed by atoms with E-state index in [9.17, 15) is 4.79 Å². The second kappa shape index (κ2) is 6.14. The van der Waals surface area contributed by atoms with Crippen molar-refractivity contribution in [3.05, 3.63) is 30.1 Å². The number of rotatable bonds is 6. The molecule has 0 radical (unpaired) electrons. The van der Waals surface area contributed by atoms with E-state index in [0.29, 0.717) is 13.0 Å². The fraction of sp³-hybridized carbons (Fsp3) is 0.455. The molecule has 3 N–H and O–H groups in total. The molecular weight excluding hydrogens is 192 g/mol. The summed E-state index contributed by atoms with van der Waals surface area (Å²) in [5, 5.41) is 8.57. The molecule has 1 heterocycles. The molecule has 0 aliphatic heterocycles. The number of carboxylic acid groups (broad SMARTS) is 1. The molecule has 0 spiro atoms. The normalized spacial score (nSPS) is 12.3. The lowest BCUT2D eigenvalue weighted by molar-refractivity contribution is -0.137. The molecule has 1 rings (SSSR count). The van der Waals surface area contributed by atoms with Gasteiger partial charge >= 0.3 is 5.97 Å². The average Bonchev–Trinajstić information content (AvgIpc) is 2.25. The molecule has 0 aromatic carbocycles. The first-order valence-corrected chi connectivity index (χ1v) is 5.03. The zero-order valence-electron chi connectivity index (χ0n) is 8.60. The molecule has 0 saturated heterocycles. The van der Waals surface area contributed by atoms with Crippen molar-refractivity contribution in [1.29, 1.82) is 0 Å². The molecule has 82 valence electrons. The average molecular weight is 208 g/mol. The zero-order valence-corrected chi connectivity index (χ0v) is 8.60. The Morgan fingerprint density at radius 3 is 2.93 bits per heavy atom. The Labute approximate surface area is 89.1 Å². The fourth-order valence-electron chi connectivity index (χ4n) is 1.48. The second-order valence-corrected chi connectivity index (χ2v) is 3.60. The molecule has 1 unspecified atom stereocenters. The van der Waals surface area contributed by atoms with Crippen LogP contribution in [0.4, 0.5) is 0 Å². The Morgan fingerprint density at radius 2 is 2.40 bits per heavy atom. The van der Waals surface area contributed by atoms with Crippen LogP contribution < -0.4 is 5.73 Å². The molecule has 4 heteroatoms. The van der Waals surface area contributed by atoms with Crippen LogP contribution in [-0.4, -0.2) is 22.6 Å². The lowest BCUT2D eigenvalue weighted by Crippen LogP contribution is -2.18. The van der Waals surface area contributed by atoms with Crippen molar-refractivity contribution in [3.8, 4) is 0 Å². The van der Waals surface area contributed by atoms with Crippen LogP contribution in [0.25, 0.3) is 0 Å². The van der Waals surface area contributed by atoms with Gasteiger partial charge in [0.05, 0.1) is 0 Å². The number of carbonyl (C=O) groups is 1. The van der Waals surface area contributed by atoms with Gasteiger partial charge in [-0.15, -0.1) is 0 Å². The highest BCUT2D eigenvalue weighted by atomic mass is 16.4. The summed E-state index contributed by atoms with van der Waals surface area (Å²) in [7, 11) is 0.